The highest BCUT2D eigenvalue weighted by Gasteiger charge is 2.33. The molecule has 5 rings (SSSR count). The van der Waals surface area contributed by atoms with E-state index in [0.717, 1.165) is 11.1 Å². The lowest BCUT2D eigenvalue weighted by atomic mass is 9.84. The van der Waals surface area contributed by atoms with Crippen LogP contribution in [0.25, 0.3) is 21.9 Å². The first-order valence-electron chi connectivity index (χ1n) is 11.4. The number of halogens is 1. The predicted octanol–water partition coefficient (Wildman–Crippen LogP) is 6.38. The molecule has 0 unspecified atom stereocenters. The number of hydrogen-bond acceptors (Lipinski definition) is 6. The zero-order valence-electron chi connectivity index (χ0n) is 20.1. The number of aromatic hydroxyl groups is 2. The number of aryl methyl sites for hydroxylation is 4. The second kappa shape index (κ2) is 8.57. The second-order valence-electron chi connectivity index (χ2n) is 9.21. The van der Waals surface area contributed by atoms with E-state index in [9.17, 15) is 19.8 Å². The first-order chi connectivity index (χ1) is 17.1. The predicted molar refractivity (Wildman–Crippen MR) is 140 cm³/mol. The standard InChI is InChI=1S/C29H23ClO6/c1-13-9-15(3)26-19(11-13)24(31)22(28(33)35-26)21(17-5-7-18(30)8-6-17)23-25(32)20-12-14(2)10-16(4)27(20)36-29(23)34/h5-12,21,31-32H,1-4H3. The summed E-state index contributed by atoms with van der Waals surface area (Å²) in [5.74, 6) is -1.84. The molecule has 0 atom stereocenters. The van der Waals surface area contributed by atoms with Crippen LogP contribution in [0.3, 0.4) is 0 Å². The fourth-order valence-corrected chi connectivity index (χ4v) is 5.08. The van der Waals surface area contributed by atoms with Crippen LogP contribution in [0.4, 0.5) is 0 Å². The molecule has 0 aliphatic heterocycles. The summed E-state index contributed by atoms with van der Waals surface area (Å²) in [6.45, 7) is 7.29. The number of rotatable bonds is 3. The number of fused-ring (bicyclic) bond motifs is 2. The molecule has 2 heterocycles. The maximum atomic E-state index is 13.4. The molecule has 7 heteroatoms. The van der Waals surface area contributed by atoms with E-state index in [1.54, 1.807) is 50.2 Å². The first-order valence-corrected chi connectivity index (χ1v) is 11.7. The van der Waals surface area contributed by atoms with Crippen molar-refractivity contribution in [2.24, 2.45) is 0 Å². The molecule has 2 aromatic heterocycles. The molecule has 0 saturated heterocycles. The summed E-state index contributed by atoms with van der Waals surface area (Å²) in [6.07, 6.45) is 0. The van der Waals surface area contributed by atoms with Crippen molar-refractivity contribution >= 4 is 33.5 Å². The van der Waals surface area contributed by atoms with Crippen molar-refractivity contribution in [1.29, 1.82) is 0 Å². The Kier molecular flexibility index (Phi) is 5.64. The minimum atomic E-state index is -1.19. The molecule has 2 N–H and O–H groups in total. The van der Waals surface area contributed by atoms with Crippen molar-refractivity contribution in [3.05, 3.63) is 113 Å². The molecule has 0 radical (unpaired) electrons. The van der Waals surface area contributed by atoms with E-state index in [1.807, 2.05) is 26.0 Å². The first kappa shape index (κ1) is 23.7. The van der Waals surface area contributed by atoms with E-state index >= 15 is 0 Å². The lowest BCUT2D eigenvalue weighted by Crippen LogP contribution is -2.21. The molecule has 182 valence electrons. The lowest BCUT2D eigenvalue weighted by molar-refractivity contribution is 0.441. The van der Waals surface area contributed by atoms with Crippen molar-refractivity contribution in [3.63, 3.8) is 0 Å². The van der Waals surface area contributed by atoms with E-state index in [4.69, 9.17) is 20.4 Å². The molecule has 0 saturated carbocycles. The Labute approximate surface area is 211 Å². The largest absolute Gasteiger partial charge is 0.507 e. The van der Waals surface area contributed by atoms with Gasteiger partial charge in [-0.05, 0) is 79.8 Å². The van der Waals surface area contributed by atoms with Gasteiger partial charge in [0.05, 0.1) is 27.8 Å². The minimum absolute atomic E-state index is 0.179. The van der Waals surface area contributed by atoms with Gasteiger partial charge in [0.25, 0.3) is 0 Å². The van der Waals surface area contributed by atoms with Gasteiger partial charge < -0.3 is 19.0 Å². The fraction of sp³-hybridized carbons (Fsp3) is 0.172. The maximum Gasteiger partial charge on any atom is 0.344 e. The van der Waals surface area contributed by atoms with Gasteiger partial charge in [-0.2, -0.15) is 0 Å². The van der Waals surface area contributed by atoms with Crippen molar-refractivity contribution in [1.82, 2.24) is 0 Å². The molecule has 0 amide bonds. The van der Waals surface area contributed by atoms with Crippen LogP contribution in [0, 0.1) is 27.7 Å². The molecule has 0 aliphatic carbocycles. The highest BCUT2D eigenvalue weighted by Crippen LogP contribution is 2.43. The molecule has 0 bridgehead atoms. The lowest BCUT2D eigenvalue weighted by Gasteiger charge is -2.20. The number of hydrogen-bond donors (Lipinski definition) is 2. The van der Waals surface area contributed by atoms with Crippen LogP contribution in [0.5, 0.6) is 11.5 Å². The molecule has 0 fully saturated rings. The Morgan fingerprint density at radius 2 is 1.11 bits per heavy atom. The normalized spacial score (nSPS) is 11.6. The highest BCUT2D eigenvalue weighted by atomic mass is 35.5. The Balaban J connectivity index is 1.93. The van der Waals surface area contributed by atoms with Crippen molar-refractivity contribution in [2.45, 2.75) is 33.6 Å². The van der Waals surface area contributed by atoms with Crippen molar-refractivity contribution in [3.8, 4) is 11.5 Å². The fourth-order valence-electron chi connectivity index (χ4n) is 4.95. The van der Waals surface area contributed by atoms with E-state index < -0.39 is 17.2 Å². The monoisotopic (exact) mass is 502 g/mol. The van der Waals surface area contributed by atoms with Gasteiger partial charge in [-0.15, -0.1) is 0 Å². The highest BCUT2D eigenvalue weighted by molar-refractivity contribution is 6.30. The summed E-state index contributed by atoms with van der Waals surface area (Å²) in [5.41, 5.74) is 2.02. The van der Waals surface area contributed by atoms with Gasteiger partial charge in [-0.25, -0.2) is 9.59 Å². The van der Waals surface area contributed by atoms with Gasteiger partial charge in [0, 0.05) is 5.02 Å². The van der Waals surface area contributed by atoms with Crippen molar-refractivity contribution in [2.75, 3.05) is 0 Å². The molecular weight excluding hydrogens is 480 g/mol. The zero-order chi connectivity index (χ0) is 25.9. The number of benzene rings is 3. The average Bonchev–Trinajstić information content (AvgIpc) is 2.80. The maximum absolute atomic E-state index is 13.4. The van der Waals surface area contributed by atoms with Gasteiger partial charge in [0.2, 0.25) is 0 Å². The molecule has 36 heavy (non-hydrogen) atoms. The summed E-state index contributed by atoms with van der Waals surface area (Å²) in [5, 5.41) is 23.9. The van der Waals surface area contributed by atoms with Gasteiger partial charge in [-0.1, -0.05) is 35.9 Å². The van der Waals surface area contributed by atoms with Crippen LogP contribution in [-0.4, -0.2) is 10.2 Å². The van der Waals surface area contributed by atoms with Crippen LogP contribution >= 0.6 is 11.6 Å². The molecule has 0 aliphatic rings. The van der Waals surface area contributed by atoms with Gasteiger partial charge in [-0.3, -0.25) is 0 Å². The van der Waals surface area contributed by atoms with Crippen LogP contribution in [0.1, 0.15) is 44.9 Å². The summed E-state index contributed by atoms with van der Waals surface area (Å²) >= 11 is 6.10. The van der Waals surface area contributed by atoms with E-state index in [0.29, 0.717) is 32.5 Å². The Hall–Kier alpha value is -4.03. The molecular formula is C29H23ClO6. The van der Waals surface area contributed by atoms with Gasteiger partial charge in [0.1, 0.15) is 22.7 Å². The third-order valence-corrected chi connectivity index (χ3v) is 6.72. The quantitative estimate of drug-likeness (QED) is 0.278. The summed E-state index contributed by atoms with van der Waals surface area (Å²) in [4.78, 5) is 26.7. The van der Waals surface area contributed by atoms with Crippen LogP contribution in [0.2, 0.25) is 5.02 Å². The molecule has 0 spiro atoms. The minimum Gasteiger partial charge on any atom is -0.507 e. The zero-order valence-corrected chi connectivity index (χ0v) is 20.9. The summed E-state index contributed by atoms with van der Waals surface area (Å²) in [7, 11) is 0. The van der Waals surface area contributed by atoms with Gasteiger partial charge >= 0.3 is 11.3 Å². The average molecular weight is 503 g/mol. The third kappa shape index (κ3) is 3.74. The molecule has 6 nitrogen and oxygen atoms in total. The Morgan fingerprint density at radius 3 is 1.53 bits per heavy atom. The summed E-state index contributed by atoms with van der Waals surface area (Å²) < 4.78 is 11.3. The van der Waals surface area contributed by atoms with Crippen molar-refractivity contribution < 1.29 is 19.0 Å². The molecule has 5 aromatic rings. The van der Waals surface area contributed by atoms with E-state index in [-0.39, 0.29) is 33.8 Å². The third-order valence-electron chi connectivity index (χ3n) is 6.47. The van der Waals surface area contributed by atoms with Gasteiger partial charge in [0.15, 0.2) is 0 Å². The van der Waals surface area contributed by atoms with E-state index in [2.05, 4.69) is 0 Å². The smallest absolute Gasteiger partial charge is 0.344 e. The summed E-state index contributed by atoms with van der Waals surface area (Å²) in [6, 6.07) is 13.6. The topological polar surface area (TPSA) is 101 Å². The van der Waals surface area contributed by atoms with Crippen LogP contribution < -0.4 is 11.3 Å². The second-order valence-corrected chi connectivity index (χ2v) is 9.64. The Morgan fingerprint density at radius 1 is 0.694 bits per heavy atom. The van der Waals surface area contributed by atoms with Crippen LogP contribution in [0.15, 0.2) is 67.0 Å². The Bertz CT molecular complexity index is 1680. The molecule has 3 aromatic carbocycles. The SMILES string of the molecule is Cc1cc(C)c2oc(=O)c(C(c3ccc(Cl)cc3)c3c(O)c4cc(C)cc(C)c4oc3=O)c(O)c2c1. The van der Waals surface area contributed by atoms with Crippen LogP contribution in [-0.2, 0) is 0 Å². The van der Waals surface area contributed by atoms with E-state index in [1.165, 1.54) is 0 Å².